The van der Waals surface area contributed by atoms with Crippen LogP contribution < -0.4 is 26.6 Å². The minimum absolute atomic E-state index is 0.0325. The third-order valence-electron chi connectivity index (χ3n) is 16.1. The fourth-order valence-electron chi connectivity index (χ4n) is 11.0. The first-order valence-corrected chi connectivity index (χ1v) is 24.0. The predicted octanol–water partition coefficient (Wildman–Crippen LogP) is 9.08. The van der Waals surface area contributed by atoms with Crippen LogP contribution in [0.15, 0.2) is 152 Å². The van der Waals surface area contributed by atoms with E-state index in [1.54, 1.807) is 7.05 Å². The lowest BCUT2D eigenvalue weighted by atomic mass is 9.91. The van der Waals surface area contributed by atoms with Crippen molar-refractivity contribution in [3.63, 3.8) is 0 Å². The van der Waals surface area contributed by atoms with E-state index in [1.807, 2.05) is 179 Å². The lowest BCUT2D eigenvalue weighted by molar-refractivity contribution is -0.130. The van der Waals surface area contributed by atoms with Gasteiger partial charge in [0.25, 0.3) is 0 Å². The maximum absolute atomic E-state index is 14.8. The van der Waals surface area contributed by atoms with Crippen LogP contribution in [-0.4, -0.2) is 36.8 Å². The van der Waals surface area contributed by atoms with Gasteiger partial charge in [0.2, 0.25) is 23.6 Å². The third-order valence-corrected chi connectivity index (χ3v) is 16.1. The van der Waals surface area contributed by atoms with Crippen molar-refractivity contribution in [3.8, 4) is 0 Å². The predicted molar refractivity (Wildman–Crippen MR) is 260 cm³/mol. The van der Waals surface area contributed by atoms with E-state index < -0.39 is 45.9 Å². The number of rotatable bonds is 18. The summed E-state index contributed by atoms with van der Waals surface area (Å²) in [5, 5.41) is 16.1. The van der Waals surface area contributed by atoms with Crippen LogP contribution in [0.25, 0.3) is 0 Å². The molecule has 5 aromatic rings. The van der Waals surface area contributed by atoms with E-state index in [-0.39, 0.29) is 59.9 Å². The Labute approximate surface area is 399 Å². The highest BCUT2D eigenvalue weighted by Gasteiger charge is 2.66. The maximum Gasteiger partial charge on any atom is 0.407 e. The molecule has 0 spiro atoms. The second-order valence-corrected chi connectivity index (χ2v) is 20.7. The van der Waals surface area contributed by atoms with Crippen molar-refractivity contribution in [1.29, 1.82) is 0 Å². The first-order chi connectivity index (χ1) is 32.7. The van der Waals surface area contributed by atoms with Crippen molar-refractivity contribution < 1.29 is 28.7 Å². The first kappa shape index (κ1) is 46.4. The van der Waals surface area contributed by atoms with E-state index in [2.05, 4.69) is 26.6 Å². The summed E-state index contributed by atoms with van der Waals surface area (Å²) in [6.07, 6.45) is 1.78. The lowest BCUT2D eigenvalue weighted by Crippen LogP contribution is -2.42. The fraction of sp³-hybridized carbons (Fsp3) is 0.386. The molecule has 68 heavy (non-hydrogen) atoms. The Morgan fingerprint density at radius 1 is 0.426 bits per heavy atom. The molecule has 11 nitrogen and oxygen atoms in total. The summed E-state index contributed by atoms with van der Waals surface area (Å²) < 4.78 is 5.63. The van der Waals surface area contributed by atoms with Gasteiger partial charge >= 0.3 is 6.09 Å². The quantitative estimate of drug-likeness (QED) is 0.0591. The van der Waals surface area contributed by atoms with E-state index in [4.69, 9.17) is 4.74 Å². The second kappa shape index (κ2) is 18.4. The second-order valence-electron chi connectivity index (χ2n) is 20.7. The molecule has 12 atom stereocenters. The van der Waals surface area contributed by atoms with Gasteiger partial charge in [-0.15, -0.1) is 0 Å². The highest BCUT2D eigenvalue weighted by molar-refractivity contribution is 5.90. The van der Waals surface area contributed by atoms with Gasteiger partial charge in [0, 0.05) is 7.05 Å². The van der Waals surface area contributed by atoms with Crippen molar-refractivity contribution >= 4 is 29.7 Å². The Morgan fingerprint density at radius 3 is 0.985 bits per heavy atom. The van der Waals surface area contributed by atoms with Gasteiger partial charge < -0.3 is 31.3 Å². The summed E-state index contributed by atoms with van der Waals surface area (Å²) in [4.78, 5) is 70.2. The highest BCUT2D eigenvalue weighted by atomic mass is 16.5. The van der Waals surface area contributed by atoms with E-state index >= 15 is 0 Å². The van der Waals surface area contributed by atoms with Crippen LogP contribution in [0.1, 0.15) is 105 Å². The molecule has 5 aromatic carbocycles. The number of alkyl carbamates (subject to hydrolysis) is 1. The minimum Gasteiger partial charge on any atom is -0.445 e. The monoisotopic (exact) mass is 913 g/mol. The number of carbonyl (C=O) groups excluding carboxylic acids is 5. The Balaban J connectivity index is 0.902. The van der Waals surface area contributed by atoms with Crippen LogP contribution in [-0.2, 0) is 30.5 Å². The molecule has 0 heterocycles. The molecule has 0 bridgehead atoms. The van der Waals surface area contributed by atoms with Crippen molar-refractivity contribution in [3.05, 3.63) is 179 Å². The van der Waals surface area contributed by atoms with Crippen LogP contribution in [0.2, 0.25) is 0 Å². The third kappa shape index (κ3) is 9.15. The van der Waals surface area contributed by atoms with Crippen LogP contribution in [0.3, 0.4) is 0 Å². The van der Waals surface area contributed by atoms with E-state index in [0.717, 1.165) is 27.8 Å². The first-order valence-electron chi connectivity index (χ1n) is 24.0. The summed E-state index contributed by atoms with van der Waals surface area (Å²) in [7, 11) is 1.65. The van der Waals surface area contributed by atoms with Gasteiger partial charge in [-0.3, -0.25) is 19.2 Å². The van der Waals surface area contributed by atoms with Gasteiger partial charge in [0.05, 0.1) is 45.8 Å². The van der Waals surface area contributed by atoms with Crippen LogP contribution in [0.4, 0.5) is 4.79 Å². The van der Waals surface area contributed by atoms with Crippen molar-refractivity contribution in [2.75, 3.05) is 7.05 Å². The molecule has 0 radical (unpaired) electrons. The zero-order valence-electron chi connectivity index (χ0n) is 39.5. The molecule has 0 saturated heterocycles. The van der Waals surface area contributed by atoms with Crippen LogP contribution >= 0.6 is 0 Å². The Kier molecular flexibility index (Phi) is 12.5. The van der Waals surface area contributed by atoms with Crippen molar-refractivity contribution in [2.24, 2.45) is 45.3 Å². The number of hydrogen-bond donors (Lipinski definition) is 5. The minimum atomic E-state index is -0.816. The molecule has 9 rings (SSSR count). The zero-order chi connectivity index (χ0) is 47.8. The molecule has 4 aliphatic rings. The average Bonchev–Trinajstić information content (AvgIpc) is 4.31. The lowest BCUT2D eigenvalue weighted by Gasteiger charge is -2.28. The molecule has 11 heteroatoms. The standard InChI is InChI=1S/C57H63N5O6/c1-54(49(63)58-5)31-41(54)45(37-23-13-7-14-24-37)59-50(64)55(2)32-42(55)46(38-25-15-8-16-26-38)60-51(65)56(3)33-43(56)47(39-27-17-9-18-28-39)61-52(66)57(4)34-44(57)48(40-29-19-10-20-30-40)62-53(67)68-35-36-21-11-6-12-22-36/h6-30,41-48H,31-35H2,1-5H3,(H,58,63)(H,59,64)(H,60,65)(H,61,66)(H,62,67)/t41-,42-,43-,44-,45+,46+,47+,48+,54+,55+,56+,57+/m0/s1. The Bertz CT molecular complexity index is 2640. The molecule has 4 aliphatic carbocycles. The average molecular weight is 914 g/mol. The number of amides is 5. The summed E-state index contributed by atoms with van der Waals surface area (Å²) in [5.41, 5.74) is 1.57. The largest absolute Gasteiger partial charge is 0.445 e. The molecular formula is C57H63N5O6. The van der Waals surface area contributed by atoms with E-state index in [0.29, 0.717) is 25.7 Å². The molecule has 4 fully saturated rings. The van der Waals surface area contributed by atoms with Gasteiger partial charge in [-0.25, -0.2) is 4.79 Å². The number of benzene rings is 5. The Morgan fingerprint density at radius 2 is 0.691 bits per heavy atom. The van der Waals surface area contributed by atoms with Crippen LogP contribution in [0.5, 0.6) is 0 Å². The maximum atomic E-state index is 14.8. The summed E-state index contributed by atoms with van der Waals surface area (Å²) in [6.45, 7) is 7.97. The van der Waals surface area contributed by atoms with E-state index in [1.165, 1.54) is 0 Å². The van der Waals surface area contributed by atoms with Gasteiger partial charge in [0.1, 0.15) is 6.61 Å². The SMILES string of the molecule is CNC(=O)[C@]1(C)C[C@H]1[C@H](NC(=O)[C@]1(C)C[C@H]1[C@H](NC(=O)[C@]1(C)C[C@H]1[C@H](NC(=O)[C@]1(C)C[C@H]1[C@H](NC(=O)OCc1ccccc1)c1ccccc1)c1ccccc1)c1ccccc1)c1ccccc1. The molecule has 352 valence electrons. The zero-order valence-corrected chi connectivity index (χ0v) is 39.5. The number of hydrogen-bond acceptors (Lipinski definition) is 6. The van der Waals surface area contributed by atoms with E-state index in [9.17, 15) is 24.0 Å². The van der Waals surface area contributed by atoms with Crippen molar-refractivity contribution in [1.82, 2.24) is 26.6 Å². The highest BCUT2D eigenvalue weighted by Crippen LogP contribution is 2.64. The molecule has 5 amide bonds. The van der Waals surface area contributed by atoms with Crippen LogP contribution in [0, 0.1) is 45.3 Å². The van der Waals surface area contributed by atoms with Gasteiger partial charge in [0.15, 0.2) is 0 Å². The smallest absolute Gasteiger partial charge is 0.407 e. The van der Waals surface area contributed by atoms with Gasteiger partial charge in [-0.05, 0) is 77.2 Å². The number of ether oxygens (including phenoxy) is 1. The summed E-state index contributed by atoms with van der Waals surface area (Å²) in [6, 6.07) is 47.0. The van der Waals surface area contributed by atoms with Crippen molar-refractivity contribution in [2.45, 2.75) is 84.2 Å². The Hall–Kier alpha value is -6.75. The van der Waals surface area contributed by atoms with Gasteiger partial charge in [-0.1, -0.05) is 179 Å². The topological polar surface area (TPSA) is 155 Å². The summed E-state index contributed by atoms with van der Waals surface area (Å²) in [5.74, 6) is -1.05. The molecular weight excluding hydrogens is 851 g/mol. The molecule has 4 saturated carbocycles. The summed E-state index contributed by atoms with van der Waals surface area (Å²) >= 11 is 0. The number of nitrogens with one attached hydrogen (secondary N) is 5. The number of carbonyl (C=O) groups is 5. The normalized spacial score (nSPS) is 29.1. The molecule has 5 N–H and O–H groups in total. The molecule has 0 aliphatic heterocycles. The fourth-order valence-corrected chi connectivity index (χ4v) is 11.0. The molecule has 0 aromatic heterocycles. The van der Waals surface area contributed by atoms with Gasteiger partial charge in [-0.2, -0.15) is 0 Å². The molecule has 0 unspecified atom stereocenters.